The van der Waals surface area contributed by atoms with E-state index in [2.05, 4.69) is 23.3 Å². The number of fused-ring (bicyclic) bond motifs is 2. The molecule has 2 aliphatic heterocycles. The van der Waals surface area contributed by atoms with E-state index >= 15 is 0 Å². The van der Waals surface area contributed by atoms with Gasteiger partial charge in [-0.2, -0.15) is 0 Å². The average Bonchev–Trinajstić information content (AvgIpc) is 2.74. The second-order valence-electron chi connectivity index (χ2n) is 4.39. The summed E-state index contributed by atoms with van der Waals surface area (Å²) in [7, 11) is 2.08. The minimum absolute atomic E-state index is 0.0688. The summed E-state index contributed by atoms with van der Waals surface area (Å²) in [5.74, 6) is 0.0688. The van der Waals surface area contributed by atoms with E-state index in [1.807, 2.05) is 18.2 Å². The summed E-state index contributed by atoms with van der Waals surface area (Å²) in [5, 5.41) is 3.13. The lowest BCUT2D eigenvalue weighted by Crippen LogP contribution is -2.48. The summed E-state index contributed by atoms with van der Waals surface area (Å²) in [6.45, 7) is 1.05. The molecule has 2 aliphatic rings. The molecule has 0 radical (unpaired) electrons. The van der Waals surface area contributed by atoms with Crippen LogP contribution in [0.3, 0.4) is 0 Å². The number of hydrogen-bond acceptors (Lipinski definition) is 2. The maximum atomic E-state index is 11.8. The van der Waals surface area contributed by atoms with E-state index in [4.69, 9.17) is 0 Å². The summed E-state index contributed by atoms with van der Waals surface area (Å²) in [6.07, 6.45) is 2.16. The van der Waals surface area contributed by atoms with Crippen molar-refractivity contribution in [3.8, 4) is 0 Å². The largest absolute Gasteiger partial charge is 0.330 e. The van der Waals surface area contributed by atoms with E-state index in [1.54, 1.807) is 0 Å². The third kappa shape index (κ3) is 1.01. The first-order valence-corrected chi connectivity index (χ1v) is 5.37. The normalized spacial score (nSPS) is 29.5. The molecule has 1 aromatic rings. The fourth-order valence-corrected chi connectivity index (χ4v) is 2.82. The van der Waals surface area contributed by atoms with Gasteiger partial charge in [0.05, 0.1) is 0 Å². The molecule has 3 heteroatoms. The van der Waals surface area contributed by atoms with Crippen molar-refractivity contribution in [2.45, 2.75) is 18.5 Å². The molecule has 15 heavy (non-hydrogen) atoms. The zero-order valence-corrected chi connectivity index (χ0v) is 8.79. The number of carbonyl (C=O) groups excluding carboxylic acids is 1. The topological polar surface area (TPSA) is 32.3 Å². The molecule has 0 bridgehead atoms. The predicted octanol–water partition coefficient (Wildman–Crippen LogP) is 1.31. The van der Waals surface area contributed by atoms with Crippen molar-refractivity contribution in [1.29, 1.82) is 0 Å². The smallest absolute Gasteiger partial charge is 0.253 e. The summed E-state index contributed by atoms with van der Waals surface area (Å²) in [6, 6.07) is 7.90. The van der Waals surface area contributed by atoms with Crippen molar-refractivity contribution in [2.75, 3.05) is 13.6 Å². The Hall–Kier alpha value is -1.35. The quantitative estimate of drug-likeness (QED) is 0.688. The number of hydrogen-bond donors (Lipinski definition) is 1. The Labute approximate surface area is 89.1 Å². The van der Waals surface area contributed by atoms with E-state index in [0.717, 1.165) is 30.5 Å². The van der Waals surface area contributed by atoms with Crippen LogP contribution in [-0.2, 0) is 5.66 Å². The van der Waals surface area contributed by atoms with Crippen LogP contribution in [0.2, 0.25) is 0 Å². The molecular weight excluding hydrogens is 188 g/mol. The summed E-state index contributed by atoms with van der Waals surface area (Å²) < 4.78 is 0. The van der Waals surface area contributed by atoms with Gasteiger partial charge in [0.25, 0.3) is 5.91 Å². The highest BCUT2D eigenvalue weighted by Gasteiger charge is 2.47. The number of amides is 1. The van der Waals surface area contributed by atoms with E-state index in [1.165, 1.54) is 0 Å². The van der Waals surface area contributed by atoms with Gasteiger partial charge in [-0.1, -0.05) is 18.2 Å². The minimum atomic E-state index is -0.215. The second-order valence-corrected chi connectivity index (χ2v) is 4.39. The molecule has 2 heterocycles. The number of nitrogens with zero attached hydrogens (tertiary/aromatic N) is 1. The van der Waals surface area contributed by atoms with Crippen molar-refractivity contribution in [3.63, 3.8) is 0 Å². The van der Waals surface area contributed by atoms with E-state index in [0.29, 0.717) is 0 Å². The first kappa shape index (κ1) is 8.92. The van der Waals surface area contributed by atoms with E-state index in [-0.39, 0.29) is 11.6 Å². The molecule has 78 valence electrons. The van der Waals surface area contributed by atoms with Crippen molar-refractivity contribution in [3.05, 3.63) is 35.4 Å². The van der Waals surface area contributed by atoms with Gasteiger partial charge in [-0.3, -0.25) is 9.69 Å². The first-order valence-electron chi connectivity index (χ1n) is 5.37. The third-order valence-corrected chi connectivity index (χ3v) is 3.62. The molecule has 1 amide bonds. The SMILES string of the molecule is CN1CCC[C@@]12NC(=O)c1ccccc12. The lowest BCUT2D eigenvalue weighted by atomic mass is 9.97. The fraction of sp³-hybridized carbons (Fsp3) is 0.417. The molecule has 1 N–H and O–H groups in total. The molecule has 1 atom stereocenters. The number of carbonyl (C=O) groups is 1. The van der Waals surface area contributed by atoms with Gasteiger partial charge in [-0.25, -0.2) is 0 Å². The number of benzene rings is 1. The van der Waals surface area contributed by atoms with Gasteiger partial charge < -0.3 is 5.32 Å². The molecule has 1 spiro atoms. The summed E-state index contributed by atoms with van der Waals surface area (Å²) in [4.78, 5) is 14.1. The molecule has 0 aliphatic carbocycles. The molecule has 1 saturated heterocycles. The van der Waals surface area contributed by atoms with Crippen LogP contribution in [0.25, 0.3) is 0 Å². The Morgan fingerprint density at radius 1 is 1.40 bits per heavy atom. The van der Waals surface area contributed by atoms with Crippen LogP contribution in [0, 0.1) is 0 Å². The number of nitrogens with one attached hydrogen (secondary N) is 1. The highest BCUT2D eigenvalue weighted by molar-refractivity contribution is 5.99. The van der Waals surface area contributed by atoms with Crippen LogP contribution in [0.1, 0.15) is 28.8 Å². The minimum Gasteiger partial charge on any atom is -0.330 e. The van der Waals surface area contributed by atoms with Crippen LogP contribution in [0.15, 0.2) is 24.3 Å². The maximum Gasteiger partial charge on any atom is 0.253 e. The molecule has 0 saturated carbocycles. The van der Waals surface area contributed by atoms with Gasteiger partial charge in [-0.05, 0) is 26.0 Å². The van der Waals surface area contributed by atoms with Gasteiger partial charge in [0, 0.05) is 17.7 Å². The summed E-state index contributed by atoms with van der Waals surface area (Å²) in [5.41, 5.74) is 1.77. The Morgan fingerprint density at radius 3 is 2.93 bits per heavy atom. The van der Waals surface area contributed by atoms with Crippen LogP contribution in [0.5, 0.6) is 0 Å². The van der Waals surface area contributed by atoms with Gasteiger partial charge in [-0.15, -0.1) is 0 Å². The fourth-order valence-electron chi connectivity index (χ4n) is 2.82. The Balaban J connectivity index is 2.19. The highest BCUT2D eigenvalue weighted by Crippen LogP contribution is 2.40. The van der Waals surface area contributed by atoms with Gasteiger partial charge in [0.1, 0.15) is 5.66 Å². The third-order valence-electron chi connectivity index (χ3n) is 3.62. The first-order chi connectivity index (χ1) is 7.24. The van der Waals surface area contributed by atoms with Gasteiger partial charge >= 0.3 is 0 Å². The Kier molecular flexibility index (Phi) is 1.68. The van der Waals surface area contributed by atoms with Crippen LogP contribution < -0.4 is 5.32 Å². The number of likely N-dealkylation sites (tertiary alicyclic amines) is 1. The van der Waals surface area contributed by atoms with Gasteiger partial charge in [0.15, 0.2) is 0 Å². The van der Waals surface area contributed by atoms with Crippen LogP contribution >= 0.6 is 0 Å². The lowest BCUT2D eigenvalue weighted by Gasteiger charge is -2.32. The molecular formula is C12H14N2O. The molecule has 3 rings (SSSR count). The molecule has 1 aromatic carbocycles. The standard InChI is InChI=1S/C12H14N2O/c1-14-8-4-7-12(14)10-6-3-2-5-9(10)11(15)13-12/h2-3,5-6H,4,7-8H2,1H3,(H,13,15)/t12-/m1/s1. The zero-order chi connectivity index (χ0) is 10.5. The molecule has 0 unspecified atom stereocenters. The average molecular weight is 202 g/mol. The highest BCUT2D eigenvalue weighted by atomic mass is 16.2. The maximum absolute atomic E-state index is 11.8. The van der Waals surface area contributed by atoms with Crippen molar-refractivity contribution in [2.24, 2.45) is 0 Å². The second kappa shape index (κ2) is 2.83. The summed E-state index contributed by atoms with van der Waals surface area (Å²) >= 11 is 0. The zero-order valence-electron chi connectivity index (χ0n) is 8.79. The van der Waals surface area contributed by atoms with Crippen LogP contribution in [0.4, 0.5) is 0 Å². The van der Waals surface area contributed by atoms with E-state index in [9.17, 15) is 4.79 Å². The molecule has 1 fully saturated rings. The van der Waals surface area contributed by atoms with Gasteiger partial charge in [0.2, 0.25) is 0 Å². The Bertz CT molecular complexity index is 429. The van der Waals surface area contributed by atoms with Crippen molar-refractivity contribution < 1.29 is 4.79 Å². The lowest BCUT2D eigenvalue weighted by molar-refractivity contribution is 0.0817. The number of rotatable bonds is 0. The molecule has 0 aromatic heterocycles. The van der Waals surface area contributed by atoms with Crippen molar-refractivity contribution >= 4 is 5.91 Å². The Morgan fingerprint density at radius 2 is 2.20 bits per heavy atom. The van der Waals surface area contributed by atoms with Crippen LogP contribution in [-0.4, -0.2) is 24.4 Å². The predicted molar refractivity (Wildman–Crippen MR) is 57.5 cm³/mol. The van der Waals surface area contributed by atoms with E-state index < -0.39 is 0 Å². The van der Waals surface area contributed by atoms with Crippen molar-refractivity contribution in [1.82, 2.24) is 10.2 Å². The molecule has 3 nitrogen and oxygen atoms in total. The monoisotopic (exact) mass is 202 g/mol.